The number of pyridine rings is 1. The van der Waals surface area contributed by atoms with Crippen LogP contribution in [0, 0.1) is 11.8 Å². The average Bonchev–Trinajstić information content (AvgIpc) is 2.49. The number of hydrogen-bond acceptors (Lipinski definition) is 2. The number of rotatable bonds is 3. The smallest absolute Gasteiger partial charge is 0.128 e. The van der Waals surface area contributed by atoms with Gasteiger partial charge in [-0.2, -0.15) is 0 Å². The van der Waals surface area contributed by atoms with Crippen LogP contribution in [0.25, 0.3) is 0 Å². The number of anilines is 1. The minimum atomic E-state index is 0.944. The van der Waals surface area contributed by atoms with Crippen molar-refractivity contribution in [2.24, 2.45) is 0 Å². The van der Waals surface area contributed by atoms with Crippen LogP contribution in [0.15, 0.2) is 48.7 Å². The molecule has 0 saturated heterocycles. The Morgan fingerprint density at radius 2 is 1.58 bits per heavy atom. The molecule has 2 heteroatoms. The Morgan fingerprint density at radius 1 is 0.895 bits per heavy atom. The fraction of sp³-hybridized carbons (Fsp3) is 0.235. The Labute approximate surface area is 115 Å². The predicted molar refractivity (Wildman–Crippen MR) is 80.2 cm³/mol. The molecule has 0 fully saturated rings. The number of nitrogens with zero attached hydrogens (tertiary/aromatic N) is 2. The van der Waals surface area contributed by atoms with Crippen molar-refractivity contribution in [1.82, 2.24) is 4.98 Å². The van der Waals surface area contributed by atoms with Crippen LogP contribution in [0.1, 0.15) is 25.0 Å². The van der Waals surface area contributed by atoms with Gasteiger partial charge >= 0.3 is 0 Å². The van der Waals surface area contributed by atoms with Crippen molar-refractivity contribution in [3.63, 3.8) is 0 Å². The lowest BCUT2D eigenvalue weighted by Crippen LogP contribution is -2.22. The van der Waals surface area contributed by atoms with E-state index < -0.39 is 0 Å². The second-order valence-corrected chi connectivity index (χ2v) is 4.19. The van der Waals surface area contributed by atoms with Crippen molar-refractivity contribution in [2.75, 3.05) is 18.0 Å². The first kappa shape index (κ1) is 13.2. The van der Waals surface area contributed by atoms with Crippen LogP contribution in [0.3, 0.4) is 0 Å². The van der Waals surface area contributed by atoms with Gasteiger partial charge < -0.3 is 4.90 Å². The van der Waals surface area contributed by atoms with Gasteiger partial charge in [0, 0.05) is 30.4 Å². The summed E-state index contributed by atoms with van der Waals surface area (Å²) in [6.45, 7) is 6.21. The summed E-state index contributed by atoms with van der Waals surface area (Å²) in [7, 11) is 0. The van der Waals surface area contributed by atoms with Gasteiger partial charge in [0.25, 0.3) is 0 Å². The molecule has 19 heavy (non-hydrogen) atoms. The zero-order valence-electron chi connectivity index (χ0n) is 11.4. The quantitative estimate of drug-likeness (QED) is 0.777. The van der Waals surface area contributed by atoms with E-state index in [9.17, 15) is 0 Å². The van der Waals surface area contributed by atoms with Crippen molar-refractivity contribution >= 4 is 5.82 Å². The van der Waals surface area contributed by atoms with E-state index in [0.717, 1.165) is 30.0 Å². The molecular formula is C17H18N2. The van der Waals surface area contributed by atoms with Gasteiger partial charge in [-0.15, -0.1) is 0 Å². The maximum absolute atomic E-state index is 4.46. The molecule has 2 aromatic rings. The maximum atomic E-state index is 4.46. The third kappa shape index (κ3) is 3.59. The van der Waals surface area contributed by atoms with Crippen molar-refractivity contribution in [3.05, 3.63) is 59.8 Å². The first-order chi connectivity index (χ1) is 9.33. The van der Waals surface area contributed by atoms with Crippen molar-refractivity contribution < 1.29 is 0 Å². The number of hydrogen-bond donors (Lipinski definition) is 0. The Bertz CT molecular complexity index is 558. The van der Waals surface area contributed by atoms with Crippen molar-refractivity contribution in [3.8, 4) is 11.8 Å². The van der Waals surface area contributed by atoms with Crippen LogP contribution in [-0.4, -0.2) is 18.1 Å². The summed E-state index contributed by atoms with van der Waals surface area (Å²) in [6.07, 6.45) is 1.84. The third-order valence-electron chi connectivity index (χ3n) is 2.96. The van der Waals surface area contributed by atoms with Gasteiger partial charge in [0.1, 0.15) is 5.82 Å². The highest BCUT2D eigenvalue weighted by Gasteiger charge is 2.01. The van der Waals surface area contributed by atoms with Gasteiger partial charge in [-0.1, -0.05) is 30.0 Å². The third-order valence-corrected chi connectivity index (χ3v) is 2.96. The van der Waals surface area contributed by atoms with Gasteiger partial charge in [-0.05, 0) is 38.1 Å². The van der Waals surface area contributed by atoms with Crippen LogP contribution in [0.4, 0.5) is 5.82 Å². The molecule has 0 saturated carbocycles. The predicted octanol–water partition coefficient (Wildman–Crippen LogP) is 3.33. The summed E-state index contributed by atoms with van der Waals surface area (Å²) in [4.78, 5) is 6.67. The normalized spacial score (nSPS) is 9.58. The molecule has 0 bridgehead atoms. The van der Waals surface area contributed by atoms with Crippen LogP contribution in [0.2, 0.25) is 0 Å². The monoisotopic (exact) mass is 250 g/mol. The standard InChI is InChI=1S/C17H18N2/c1-3-19(4-2)17-13-12-16(14-18-17)11-10-15-8-6-5-7-9-15/h5-9,12-14H,3-4H2,1-2H3. The molecule has 1 heterocycles. The molecule has 0 aliphatic rings. The zero-order valence-corrected chi connectivity index (χ0v) is 11.4. The average molecular weight is 250 g/mol. The van der Waals surface area contributed by atoms with E-state index in [4.69, 9.17) is 0 Å². The molecule has 0 atom stereocenters. The number of aromatic nitrogens is 1. The van der Waals surface area contributed by atoms with Crippen molar-refractivity contribution in [2.45, 2.75) is 13.8 Å². The van der Waals surface area contributed by atoms with Gasteiger partial charge in [-0.25, -0.2) is 4.98 Å². The SMILES string of the molecule is CCN(CC)c1ccc(C#Cc2ccccc2)cn1. The van der Waals surface area contributed by atoms with Gasteiger partial charge in [0.15, 0.2) is 0 Å². The highest BCUT2D eigenvalue weighted by atomic mass is 15.2. The molecule has 0 aliphatic carbocycles. The summed E-state index contributed by atoms with van der Waals surface area (Å²) >= 11 is 0. The minimum Gasteiger partial charge on any atom is -0.357 e. The lowest BCUT2D eigenvalue weighted by atomic mass is 10.2. The second kappa shape index (κ2) is 6.61. The minimum absolute atomic E-state index is 0.944. The van der Waals surface area contributed by atoms with Crippen LogP contribution >= 0.6 is 0 Å². The summed E-state index contributed by atoms with van der Waals surface area (Å²) in [5.41, 5.74) is 1.97. The summed E-state index contributed by atoms with van der Waals surface area (Å²) in [5.74, 6) is 7.28. The highest BCUT2D eigenvalue weighted by Crippen LogP contribution is 2.10. The molecule has 2 rings (SSSR count). The largest absolute Gasteiger partial charge is 0.357 e. The Kier molecular flexibility index (Phi) is 4.58. The molecule has 96 valence electrons. The van der Waals surface area contributed by atoms with Gasteiger partial charge in [0.2, 0.25) is 0 Å². The van der Waals surface area contributed by atoms with E-state index in [1.807, 2.05) is 48.7 Å². The van der Waals surface area contributed by atoms with E-state index in [1.165, 1.54) is 0 Å². The maximum Gasteiger partial charge on any atom is 0.128 e. The molecule has 0 spiro atoms. The Balaban J connectivity index is 2.14. The molecule has 2 nitrogen and oxygen atoms in total. The molecular weight excluding hydrogens is 232 g/mol. The zero-order chi connectivity index (χ0) is 13.5. The highest BCUT2D eigenvalue weighted by molar-refractivity contribution is 5.46. The fourth-order valence-corrected chi connectivity index (χ4v) is 1.86. The summed E-state index contributed by atoms with van der Waals surface area (Å²) in [5, 5.41) is 0. The van der Waals surface area contributed by atoms with Crippen molar-refractivity contribution in [1.29, 1.82) is 0 Å². The van der Waals surface area contributed by atoms with Crippen LogP contribution in [-0.2, 0) is 0 Å². The molecule has 0 amide bonds. The molecule has 0 radical (unpaired) electrons. The summed E-state index contributed by atoms with van der Waals surface area (Å²) < 4.78 is 0. The lowest BCUT2D eigenvalue weighted by molar-refractivity contribution is 0.846. The molecule has 0 N–H and O–H groups in total. The van der Waals surface area contributed by atoms with E-state index >= 15 is 0 Å². The molecule has 1 aromatic carbocycles. The fourth-order valence-electron chi connectivity index (χ4n) is 1.86. The van der Waals surface area contributed by atoms with E-state index in [-0.39, 0.29) is 0 Å². The summed E-state index contributed by atoms with van der Waals surface area (Å²) in [6, 6.07) is 14.0. The lowest BCUT2D eigenvalue weighted by Gasteiger charge is -2.19. The Hall–Kier alpha value is -2.27. The first-order valence-electron chi connectivity index (χ1n) is 6.61. The molecule has 1 aromatic heterocycles. The first-order valence-corrected chi connectivity index (χ1v) is 6.61. The second-order valence-electron chi connectivity index (χ2n) is 4.19. The van der Waals surface area contributed by atoms with E-state index in [1.54, 1.807) is 0 Å². The van der Waals surface area contributed by atoms with Crippen LogP contribution < -0.4 is 4.90 Å². The Morgan fingerprint density at radius 3 is 2.16 bits per heavy atom. The van der Waals surface area contributed by atoms with E-state index in [0.29, 0.717) is 0 Å². The number of benzene rings is 1. The van der Waals surface area contributed by atoms with Gasteiger partial charge in [-0.3, -0.25) is 0 Å². The molecule has 0 aliphatic heterocycles. The van der Waals surface area contributed by atoms with E-state index in [2.05, 4.69) is 35.6 Å². The topological polar surface area (TPSA) is 16.1 Å². The van der Waals surface area contributed by atoms with Gasteiger partial charge in [0.05, 0.1) is 0 Å². The van der Waals surface area contributed by atoms with Crippen LogP contribution in [0.5, 0.6) is 0 Å². The molecule has 0 unspecified atom stereocenters.